The zero-order valence-electron chi connectivity index (χ0n) is 7.71. The van der Waals surface area contributed by atoms with Crippen LogP contribution in [0.15, 0.2) is 18.2 Å². The van der Waals surface area contributed by atoms with Crippen LogP contribution in [0.1, 0.15) is 17.5 Å². The minimum absolute atomic E-state index is 0.0207. The maximum atomic E-state index is 12.5. The molecular weight excluding hydrogens is 209 g/mol. The zero-order chi connectivity index (χ0) is 11.5. The molecule has 2 nitrogen and oxygen atoms in total. The van der Waals surface area contributed by atoms with Crippen LogP contribution < -0.4 is 0 Å². The van der Waals surface area contributed by atoms with Gasteiger partial charge in [-0.25, -0.2) is 0 Å². The monoisotopic (exact) mass is 218 g/mol. The van der Waals surface area contributed by atoms with Gasteiger partial charge in [0.2, 0.25) is 0 Å². The highest BCUT2D eigenvalue weighted by atomic mass is 19.4. The molecule has 0 aliphatic carbocycles. The van der Waals surface area contributed by atoms with Gasteiger partial charge in [0.25, 0.3) is 0 Å². The summed E-state index contributed by atoms with van der Waals surface area (Å²) in [5.41, 5.74) is -0.864. The fourth-order valence-electron chi connectivity index (χ4n) is 1.26. The molecular formula is C10H9F3O2. The van der Waals surface area contributed by atoms with Gasteiger partial charge in [0.05, 0.1) is 5.56 Å². The van der Waals surface area contributed by atoms with E-state index < -0.39 is 17.5 Å². The van der Waals surface area contributed by atoms with Gasteiger partial charge >= 0.3 is 6.18 Å². The van der Waals surface area contributed by atoms with Gasteiger partial charge in [-0.2, -0.15) is 13.2 Å². The normalized spacial score (nSPS) is 11.4. The molecule has 0 aliphatic heterocycles. The third kappa shape index (κ3) is 2.97. The summed E-state index contributed by atoms with van der Waals surface area (Å²) in [5, 5.41) is 8.96. The Kier molecular flexibility index (Phi) is 3.34. The van der Waals surface area contributed by atoms with Crippen LogP contribution in [0.2, 0.25) is 0 Å². The lowest BCUT2D eigenvalue weighted by Gasteiger charge is -2.12. The van der Waals surface area contributed by atoms with Crippen molar-refractivity contribution in [3.8, 4) is 5.75 Å². The molecule has 15 heavy (non-hydrogen) atoms. The molecule has 0 unspecified atom stereocenters. The van der Waals surface area contributed by atoms with Crippen molar-refractivity contribution in [2.75, 3.05) is 0 Å². The second-order valence-corrected chi connectivity index (χ2v) is 3.04. The number of aryl methyl sites for hydroxylation is 1. The van der Waals surface area contributed by atoms with Crippen LogP contribution in [0, 0.1) is 0 Å². The maximum absolute atomic E-state index is 12.5. The summed E-state index contributed by atoms with van der Waals surface area (Å²) in [6.07, 6.45) is -3.88. The molecule has 0 fully saturated rings. The van der Waals surface area contributed by atoms with E-state index in [2.05, 4.69) is 0 Å². The molecule has 1 aromatic rings. The topological polar surface area (TPSA) is 37.3 Å². The summed E-state index contributed by atoms with van der Waals surface area (Å²) in [4.78, 5) is 10.1. The van der Waals surface area contributed by atoms with Crippen molar-refractivity contribution in [2.24, 2.45) is 0 Å². The highest BCUT2D eigenvalue weighted by molar-refractivity contribution is 5.50. The van der Waals surface area contributed by atoms with E-state index in [4.69, 9.17) is 5.11 Å². The molecule has 0 heterocycles. The first-order valence-corrected chi connectivity index (χ1v) is 4.28. The quantitative estimate of drug-likeness (QED) is 0.791. The number of benzene rings is 1. The Hall–Kier alpha value is -1.52. The molecule has 0 spiro atoms. The summed E-state index contributed by atoms with van der Waals surface area (Å²) in [7, 11) is 0. The van der Waals surface area contributed by atoms with Gasteiger partial charge < -0.3 is 9.90 Å². The average Bonchev–Trinajstić information content (AvgIpc) is 2.14. The van der Waals surface area contributed by atoms with Crippen molar-refractivity contribution >= 4 is 6.29 Å². The molecule has 82 valence electrons. The van der Waals surface area contributed by atoms with Crippen molar-refractivity contribution in [2.45, 2.75) is 19.0 Å². The van der Waals surface area contributed by atoms with E-state index in [1.54, 1.807) is 0 Å². The van der Waals surface area contributed by atoms with E-state index in [1.165, 1.54) is 12.1 Å². The summed E-state index contributed by atoms with van der Waals surface area (Å²) in [5.74, 6) is -0.433. The Morgan fingerprint density at radius 2 is 2.00 bits per heavy atom. The van der Waals surface area contributed by atoms with Crippen LogP contribution >= 0.6 is 0 Å². The molecule has 0 saturated carbocycles. The van der Waals surface area contributed by atoms with Crippen LogP contribution in [0.3, 0.4) is 0 Å². The first-order valence-electron chi connectivity index (χ1n) is 4.28. The number of aldehydes is 1. The Balaban J connectivity index is 3.09. The Bertz CT molecular complexity index is 358. The highest BCUT2D eigenvalue weighted by Crippen LogP contribution is 2.34. The van der Waals surface area contributed by atoms with Crippen LogP contribution in [-0.2, 0) is 17.4 Å². The molecule has 0 atom stereocenters. The van der Waals surface area contributed by atoms with Crippen molar-refractivity contribution in [1.82, 2.24) is 0 Å². The van der Waals surface area contributed by atoms with E-state index in [-0.39, 0.29) is 18.4 Å². The predicted molar refractivity (Wildman–Crippen MR) is 47.5 cm³/mol. The predicted octanol–water partition coefficient (Wildman–Crippen LogP) is 2.54. The maximum Gasteiger partial charge on any atom is 0.416 e. The van der Waals surface area contributed by atoms with E-state index in [0.29, 0.717) is 12.4 Å². The third-order valence-electron chi connectivity index (χ3n) is 1.93. The number of halogens is 3. The number of hydrogen-bond donors (Lipinski definition) is 1. The van der Waals surface area contributed by atoms with Crippen molar-refractivity contribution < 1.29 is 23.1 Å². The molecule has 0 saturated heterocycles. The molecule has 0 radical (unpaired) electrons. The zero-order valence-corrected chi connectivity index (χ0v) is 7.71. The fourth-order valence-corrected chi connectivity index (χ4v) is 1.26. The second-order valence-electron chi connectivity index (χ2n) is 3.04. The molecule has 1 aromatic carbocycles. The number of carbonyl (C=O) groups is 1. The van der Waals surface area contributed by atoms with Gasteiger partial charge in [-0.05, 0) is 24.1 Å². The summed E-state index contributed by atoms with van der Waals surface area (Å²) in [6.45, 7) is 0. The van der Waals surface area contributed by atoms with Crippen molar-refractivity contribution in [1.29, 1.82) is 0 Å². The van der Waals surface area contributed by atoms with Gasteiger partial charge in [0.15, 0.2) is 0 Å². The third-order valence-corrected chi connectivity index (χ3v) is 1.93. The molecule has 0 aromatic heterocycles. The second kappa shape index (κ2) is 4.33. The summed E-state index contributed by atoms with van der Waals surface area (Å²) < 4.78 is 37.4. The largest absolute Gasteiger partial charge is 0.508 e. The van der Waals surface area contributed by atoms with E-state index in [1.807, 2.05) is 0 Å². The fraction of sp³-hybridized carbons (Fsp3) is 0.300. The number of carbonyl (C=O) groups excluding carboxylic acids is 1. The van der Waals surface area contributed by atoms with E-state index in [9.17, 15) is 18.0 Å². The van der Waals surface area contributed by atoms with Crippen LogP contribution in [-0.4, -0.2) is 11.4 Å². The standard InChI is InChI=1S/C10H9F3O2/c11-10(12,13)9-6-8(15)4-3-7(9)2-1-5-14/h3-6,15H,1-2H2. The number of aromatic hydroxyl groups is 1. The van der Waals surface area contributed by atoms with E-state index in [0.717, 1.165) is 0 Å². The Labute approximate surface area is 84.3 Å². The first-order chi connectivity index (χ1) is 6.95. The summed E-state index contributed by atoms with van der Waals surface area (Å²) >= 11 is 0. The Morgan fingerprint density at radius 3 is 2.53 bits per heavy atom. The molecule has 1 rings (SSSR count). The smallest absolute Gasteiger partial charge is 0.416 e. The lowest BCUT2D eigenvalue weighted by Crippen LogP contribution is -2.09. The average molecular weight is 218 g/mol. The van der Waals surface area contributed by atoms with Gasteiger partial charge in [-0.1, -0.05) is 6.07 Å². The number of rotatable bonds is 3. The SMILES string of the molecule is O=CCCc1ccc(O)cc1C(F)(F)F. The lowest BCUT2D eigenvalue weighted by atomic mass is 10.0. The Morgan fingerprint density at radius 1 is 1.33 bits per heavy atom. The summed E-state index contributed by atoms with van der Waals surface area (Å²) in [6, 6.07) is 3.02. The lowest BCUT2D eigenvalue weighted by molar-refractivity contribution is -0.138. The van der Waals surface area contributed by atoms with Crippen LogP contribution in [0.5, 0.6) is 5.75 Å². The van der Waals surface area contributed by atoms with Gasteiger partial charge in [-0.15, -0.1) is 0 Å². The van der Waals surface area contributed by atoms with Crippen molar-refractivity contribution in [3.63, 3.8) is 0 Å². The highest BCUT2D eigenvalue weighted by Gasteiger charge is 2.33. The number of phenols is 1. The molecule has 1 N–H and O–H groups in total. The van der Waals surface area contributed by atoms with Gasteiger partial charge in [-0.3, -0.25) is 0 Å². The van der Waals surface area contributed by atoms with Crippen LogP contribution in [0.4, 0.5) is 13.2 Å². The molecule has 5 heteroatoms. The minimum atomic E-state index is -4.50. The van der Waals surface area contributed by atoms with Gasteiger partial charge in [0, 0.05) is 6.42 Å². The van der Waals surface area contributed by atoms with Gasteiger partial charge in [0.1, 0.15) is 12.0 Å². The number of phenolic OH excluding ortho intramolecular Hbond substituents is 1. The minimum Gasteiger partial charge on any atom is -0.508 e. The van der Waals surface area contributed by atoms with Crippen molar-refractivity contribution in [3.05, 3.63) is 29.3 Å². The number of alkyl halides is 3. The van der Waals surface area contributed by atoms with E-state index >= 15 is 0 Å². The molecule has 0 bridgehead atoms. The molecule has 0 aliphatic rings. The molecule has 0 amide bonds. The number of hydrogen-bond acceptors (Lipinski definition) is 2. The first kappa shape index (κ1) is 11.6. The van der Waals surface area contributed by atoms with Crippen LogP contribution in [0.25, 0.3) is 0 Å².